The molecule has 0 saturated heterocycles. The highest BCUT2D eigenvalue weighted by Gasteiger charge is 2.16. The number of methoxy groups -OCH3 is 1. The van der Waals surface area contributed by atoms with Crippen molar-refractivity contribution in [2.45, 2.75) is 6.42 Å². The molecule has 0 bridgehead atoms. The molecule has 4 heteroatoms. The lowest BCUT2D eigenvalue weighted by Gasteiger charge is -2.08. The van der Waals surface area contributed by atoms with Crippen LogP contribution in [0.4, 0.5) is 0 Å². The van der Waals surface area contributed by atoms with Crippen LogP contribution in [0.1, 0.15) is 5.56 Å². The van der Waals surface area contributed by atoms with E-state index >= 15 is 0 Å². The summed E-state index contributed by atoms with van der Waals surface area (Å²) in [5.74, 6) is 0.479. The van der Waals surface area contributed by atoms with Gasteiger partial charge in [-0.25, -0.2) is 0 Å². The van der Waals surface area contributed by atoms with Crippen LogP contribution in [0.15, 0.2) is 30.9 Å². The second-order valence-electron chi connectivity index (χ2n) is 2.94. The molecule has 1 aromatic carbocycles. The average Bonchev–Trinajstić information content (AvgIpc) is 2.18. The van der Waals surface area contributed by atoms with E-state index in [2.05, 4.69) is 6.58 Å². The van der Waals surface area contributed by atoms with Crippen LogP contribution in [0.25, 0.3) is 0 Å². The Kier molecular flexibility index (Phi) is 3.74. The Morgan fingerprint density at radius 2 is 2.21 bits per heavy atom. The van der Waals surface area contributed by atoms with Gasteiger partial charge in [0.25, 0.3) is 0 Å². The first-order valence-corrected chi connectivity index (χ1v) is 4.33. The van der Waals surface area contributed by atoms with Gasteiger partial charge in [0.05, 0.1) is 7.11 Å². The van der Waals surface area contributed by atoms with Gasteiger partial charge in [0.15, 0.2) is 0 Å². The highest BCUT2D eigenvalue weighted by molar-refractivity contribution is 6.59. The maximum Gasteiger partial charge on any atom is 0.492 e. The molecule has 0 spiro atoms. The van der Waals surface area contributed by atoms with Crippen molar-refractivity contribution >= 4 is 12.6 Å². The van der Waals surface area contributed by atoms with Gasteiger partial charge in [-0.2, -0.15) is 0 Å². The number of benzene rings is 1. The maximum absolute atomic E-state index is 9.08. The fourth-order valence-electron chi connectivity index (χ4n) is 1.28. The van der Waals surface area contributed by atoms with E-state index < -0.39 is 7.12 Å². The molecule has 0 aromatic heterocycles. The van der Waals surface area contributed by atoms with Crippen molar-refractivity contribution in [3.05, 3.63) is 36.4 Å². The molecular weight excluding hydrogens is 179 g/mol. The Labute approximate surface area is 83.8 Å². The van der Waals surface area contributed by atoms with Crippen molar-refractivity contribution in [2.75, 3.05) is 7.11 Å². The van der Waals surface area contributed by atoms with Gasteiger partial charge in [0.1, 0.15) is 5.75 Å². The van der Waals surface area contributed by atoms with E-state index in [0.29, 0.717) is 17.6 Å². The Hall–Kier alpha value is -1.26. The molecule has 0 radical (unpaired) electrons. The molecule has 0 amide bonds. The summed E-state index contributed by atoms with van der Waals surface area (Å²) in [6.45, 7) is 3.62. The van der Waals surface area contributed by atoms with Crippen molar-refractivity contribution in [1.29, 1.82) is 0 Å². The fraction of sp³-hybridized carbons (Fsp3) is 0.200. The molecule has 14 heavy (non-hydrogen) atoms. The lowest BCUT2D eigenvalue weighted by atomic mass is 9.78. The van der Waals surface area contributed by atoms with E-state index in [0.717, 1.165) is 5.56 Å². The number of rotatable bonds is 4. The average molecular weight is 192 g/mol. The molecular formula is C10H13BO3. The molecule has 1 rings (SSSR count). The van der Waals surface area contributed by atoms with E-state index in [-0.39, 0.29) is 0 Å². The number of hydrogen-bond acceptors (Lipinski definition) is 3. The summed E-state index contributed by atoms with van der Waals surface area (Å²) < 4.78 is 4.99. The summed E-state index contributed by atoms with van der Waals surface area (Å²) in [4.78, 5) is 0. The topological polar surface area (TPSA) is 49.7 Å². The van der Waals surface area contributed by atoms with Gasteiger partial charge < -0.3 is 14.8 Å². The van der Waals surface area contributed by atoms with Crippen molar-refractivity contribution in [3.8, 4) is 5.75 Å². The largest absolute Gasteiger partial charge is 0.497 e. The zero-order valence-electron chi connectivity index (χ0n) is 8.10. The lowest BCUT2D eigenvalue weighted by molar-refractivity contribution is 0.403. The molecule has 0 aliphatic rings. The zero-order valence-corrected chi connectivity index (χ0v) is 8.10. The van der Waals surface area contributed by atoms with Crippen molar-refractivity contribution in [3.63, 3.8) is 0 Å². The quantitative estimate of drug-likeness (QED) is 0.525. The Morgan fingerprint density at radius 3 is 2.71 bits per heavy atom. The Bertz CT molecular complexity index is 323. The summed E-state index contributed by atoms with van der Waals surface area (Å²) in [6.07, 6.45) is 2.46. The van der Waals surface area contributed by atoms with Crippen molar-refractivity contribution in [1.82, 2.24) is 0 Å². The summed E-state index contributed by atoms with van der Waals surface area (Å²) in [5.41, 5.74) is 1.36. The first kappa shape index (κ1) is 10.8. The standard InChI is InChI=1S/C10H13BO3/c1-3-4-8-5-6-10(14-2)9(7-8)11(12)13/h3,5-7,12-13H,1,4H2,2H3. The highest BCUT2D eigenvalue weighted by atomic mass is 16.5. The molecule has 0 heterocycles. The SMILES string of the molecule is C=CCc1ccc(OC)c(B(O)O)c1. The zero-order chi connectivity index (χ0) is 10.6. The molecule has 0 atom stereocenters. The number of ether oxygens (including phenoxy) is 1. The normalized spacial score (nSPS) is 9.64. The van der Waals surface area contributed by atoms with Crippen LogP contribution in [0.2, 0.25) is 0 Å². The highest BCUT2D eigenvalue weighted by Crippen LogP contribution is 2.10. The second kappa shape index (κ2) is 4.84. The molecule has 3 nitrogen and oxygen atoms in total. The number of hydrogen-bond donors (Lipinski definition) is 2. The third-order valence-electron chi connectivity index (χ3n) is 1.95. The molecule has 0 aliphatic heterocycles. The van der Waals surface area contributed by atoms with E-state index in [4.69, 9.17) is 14.8 Å². The van der Waals surface area contributed by atoms with E-state index in [1.54, 1.807) is 18.2 Å². The minimum absolute atomic E-state index is 0.381. The van der Waals surface area contributed by atoms with Gasteiger partial charge in [-0.05, 0) is 18.1 Å². The predicted molar refractivity (Wildman–Crippen MR) is 56.7 cm³/mol. The fourth-order valence-corrected chi connectivity index (χ4v) is 1.28. The third kappa shape index (κ3) is 2.37. The third-order valence-corrected chi connectivity index (χ3v) is 1.95. The van der Waals surface area contributed by atoms with Crippen LogP contribution in [-0.2, 0) is 6.42 Å². The van der Waals surface area contributed by atoms with Crippen LogP contribution < -0.4 is 10.2 Å². The molecule has 0 fully saturated rings. The number of allylic oxidation sites excluding steroid dienone is 1. The van der Waals surface area contributed by atoms with Gasteiger partial charge >= 0.3 is 7.12 Å². The van der Waals surface area contributed by atoms with Crippen LogP contribution in [0.5, 0.6) is 5.75 Å². The van der Waals surface area contributed by atoms with E-state index in [9.17, 15) is 0 Å². The van der Waals surface area contributed by atoms with Crippen LogP contribution in [0, 0.1) is 0 Å². The lowest BCUT2D eigenvalue weighted by Crippen LogP contribution is -2.31. The first-order chi connectivity index (χ1) is 6.69. The maximum atomic E-state index is 9.08. The van der Waals surface area contributed by atoms with Crippen LogP contribution >= 0.6 is 0 Å². The molecule has 0 saturated carbocycles. The first-order valence-electron chi connectivity index (χ1n) is 4.33. The van der Waals surface area contributed by atoms with E-state index in [1.165, 1.54) is 7.11 Å². The summed E-state index contributed by atoms with van der Waals surface area (Å²) >= 11 is 0. The molecule has 2 N–H and O–H groups in total. The van der Waals surface area contributed by atoms with Crippen LogP contribution in [-0.4, -0.2) is 24.3 Å². The Balaban J connectivity index is 3.07. The minimum atomic E-state index is -1.50. The van der Waals surface area contributed by atoms with Gasteiger partial charge in [-0.3, -0.25) is 0 Å². The smallest absolute Gasteiger partial charge is 0.492 e. The summed E-state index contributed by atoms with van der Waals surface area (Å²) in [7, 11) is -0.0105. The second-order valence-corrected chi connectivity index (χ2v) is 2.94. The van der Waals surface area contributed by atoms with Crippen molar-refractivity contribution in [2.24, 2.45) is 0 Å². The predicted octanol–water partition coefficient (Wildman–Crippen LogP) is 0.103. The van der Waals surface area contributed by atoms with Gasteiger partial charge in [-0.1, -0.05) is 18.2 Å². The van der Waals surface area contributed by atoms with Gasteiger partial charge in [0.2, 0.25) is 0 Å². The minimum Gasteiger partial charge on any atom is -0.497 e. The van der Waals surface area contributed by atoms with Gasteiger partial charge in [-0.15, -0.1) is 6.58 Å². The molecule has 74 valence electrons. The molecule has 1 aromatic rings. The molecule has 0 aliphatic carbocycles. The van der Waals surface area contributed by atoms with Crippen LogP contribution in [0.3, 0.4) is 0 Å². The van der Waals surface area contributed by atoms with E-state index in [1.807, 2.05) is 6.07 Å². The van der Waals surface area contributed by atoms with Gasteiger partial charge in [0, 0.05) is 5.46 Å². The van der Waals surface area contributed by atoms with Crippen molar-refractivity contribution < 1.29 is 14.8 Å². The summed E-state index contributed by atoms with van der Waals surface area (Å²) in [5, 5.41) is 18.2. The summed E-state index contributed by atoms with van der Waals surface area (Å²) in [6, 6.07) is 5.28. The molecule has 0 unspecified atom stereocenters. The monoisotopic (exact) mass is 192 g/mol. The Morgan fingerprint density at radius 1 is 1.50 bits per heavy atom.